The maximum Gasteiger partial charge on any atom is 0.145 e. The summed E-state index contributed by atoms with van der Waals surface area (Å²) in [6.45, 7) is 4.85. The van der Waals surface area contributed by atoms with Crippen LogP contribution in [0.15, 0.2) is 6.07 Å². The molecule has 2 N–H and O–H groups in total. The van der Waals surface area contributed by atoms with Gasteiger partial charge in [0.1, 0.15) is 5.82 Å². The van der Waals surface area contributed by atoms with Gasteiger partial charge in [-0.1, -0.05) is 0 Å². The molecule has 0 radical (unpaired) electrons. The summed E-state index contributed by atoms with van der Waals surface area (Å²) in [4.78, 5) is 0. The zero-order valence-corrected chi connectivity index (χ0v) is 9.40. The standard InChI is InChI=1S/C10H19N3O2/c1-9-8-10(11)12-13(9)4-7-15-6-3-5-14-2/h8H,3-7H2,1-2H3,(H2,11,12). The summed E-state index contributed by atoms with van der Waals surface area (Å²) in [5, 5.41) is 4.13. The average molecular weight is 213 g/mol. The van der Waals surface area contributed by atoms with E-state index >= 15 is 0 Å². The predicted octanol–water partition coefficient (Wildman–Crippen LogP) is 0.827. The van der Waals surface area contributed by atoms with Crippen molar-refractivity contribution >= 4 is 5.82 Å². The molecule has 0 aliphatic rings. The van der Waals surface area contributed by atoms with E-state index in [1.807, 2.05) is 17.7 Å². The largest absolute Gasteiger partial charge is 0.385 e. The minimum Gasteiger partial charge on any atom is -0.385 e. The molecule has 0 aliphatic heterocycles. The number of hydrogen-bond acceptors (Lipinski definition) is 4. The molecule has 0 atom stereocenters. The fourth-order valence-electron chi connectivity index (χ4n) is 1.32. The van der Waals surface area contributed by atoms with Gasteiger partial charge in [0.25, 0.3) is 0 Å². The normalized spacial score (nSPS) is 10.8. The fraction of sp³-hybridized carbons (Fsp3) is 0.700. The SMILES string of the molecule is COCCCOCCn1nc(N)cc1C. The zero-order valence-electron chi connectivity index (χ0n) is 9.40. The van der Waals surface area contributed by atoms with E-state index in [0.717, 1.165) is 31.9 Å². The van der Waals surface area contributed by atoms with Gasteiger partial charge in [0, 0.05) is 32.1 Å². The lowest BCUT2D eigenvalue weighted by Crippen LogP contribution is -2.10. The highest BCUT2D eigenvalue weighted by Gasteiger charge is 2.00. The molecule has 0 aromatic carbocycles. The molecule has 5 nitrogen and oxygen atoms in total. The Hall–Kier alpha value is -1.07. The molecule has 1 aromatic heterocycles. The highest BCUT2D eigenvalue weighted by Crippen LogP contribution is 2.03. The van der Waals surface area contributed by atoms with E-state index in [0.29, 0.717) is 12.4 Å². The van der Waals surface area contributed by atoms with Gasteiger partial charge in [0.2, 0.25) is 0 Å². The van der Waals surface area contributed by atoms with Gasteiger partial charge in [-0.15, -0.1) is 0 Å². The van der Waals surface area contributed by atoms with Crippen LogP contribution < -0.4 is 5.73 Å². The summed E-state index contributed by atoms with van der Waals surface area (Å²) in [5.74, 6) is 0.562. The molecule has 15 heavy (non-hydrogen) atoms. The molecule has 0 saturated heterocycles. The first-order valence-electron chi connectivity index (χ1n) is 5.10. The van der Waals surface area contributed by atoms with Gasteiger partial charge in [-0.3, -0.25) is 4.68 Å². The zero-order chi connectivity index (χ0) is 11.1. The van der Waals surface area contributed by atoms with Crippen LogP contribution in [0.3, 0.4) is 0 Å². The molecule has 1 heterocycles. The number of rotatable bonds is 7. The van der Waals surface area contributed by atoms with E-state index < -0.39 is 0 Å². The monoisotopic (exact) mass is 213 g/mol. The minimum atomic E-state index is 0.562. The van der Waals surface area contributed by atoms with Gasteiger partial charge in [-0.2, -0.15) is 5.10 Å². The van der Waals surface area contributed by atoms with Crippen LogP contribution in [0.1, 0.15) is 12.1 Å². The summed E-state index contributed by atoms with van der Waals surface area (Å²) in [6.07, 6.45) is 0.927. The summed E-state index contributed by atoms with van der Waals surface area (Å²) < 4.78 is 12.2. The topological polar surface area (TPSA) is 62.3 Å². The third-order valence-corrected chi connectivity index (χ3v) is 2.08. The second-order valence-electron chi connectivity index (χ2n) is 3.39. The highest BCUT2D eigenvalue weighted by atomic mass is 16.5. The molecule has 0 spiro atoms. The quantitative estimate of drug-likeness (QED) is 0.681. The number of nitrogen functional groups attached to an aromatic ring is 1. The van der Waals surface area contributed by atoms with E-state index in [2.05, 4.69) is 5.10 Å². The van der Waals surface area contributed by atoms with Crippen molar-refractivity contribution in [2.75, 3.05) is 32.7 Å². The molecule has 0 bridgehead atoms. The molecular weight excluding hydrogens is 194 g/mol. The summed E-state index contributed by atoms with van der Waals surface area (Å²) in [5.41, 5.74) is 6.62. The van der Waals surface area contributed by atoms with Crippen molar-refractivity contribution < 1.29 is 9.47 Å². The van der Waals surface area contributed by atoms with Gasteiger partial charge in [-0.05, 0) is 13.3 Å². The van der Waals surface area contributed by atoms with Crippen LogP contribution in [-0.4, -0.2) is 36.7 Å². The Labute approximate surface area is 90.2 Å². The van der Waals surface area contributed by atoms with Crippen LogP contribution in [0.25, 0.3) is 0 Å². The number of methoxy groups -OCH3 is 1. The number of anilines is 1. The molecule has 1 rings (SSSR count). The van der Waals surface area contributed by atoms with Crippen molar-refractivity contribution in [1.29, 1.82) is 0 Å². The minimum absolute atomic E-state index is 0.562. The lowest BCUT2D eigenvalue weighted by atomic mass is 10.4. The predicted molar refractivity (Wildman–Crippen MR) is 58.7 cm³/mol. The van der Waals surface area contributed by atoms with Crippen molar-refractivity contribution in [2.45, 2.75) is 19.9 Å². The maximum absolute atomic E-state index is 5.56. The van der Waals surface area contributed by atoms with Crippen molar-refractivity contribution in [3.8, 4) is 0 Å². The Morgan fingerprint density at radius 1 is 1.40 bits per heavy atom. The molecule has 86 valence electrons. The van der Waals surface area contributed by atoms with Gasteiger partial charge in [-0.25, -0.2) is 0 Å². The second kappa shape index (κ2) is 6.42. The van der Waals surface area contributed by atoms with E-state index in [4.69, 9.17) is 15.2 Å². The lowest BCUT2D eigenvalue weighted by Gasteiger charge is -2.05. The second-order valence-corrected chi connectivity index (χ2v) is 3.39. The highest BCUT2D eigenvalue weighted by molar-refractivity contribution is 5.28. The Balaban J connectivity index is 2.12. The van der Waals surface area contributed by atoms with Gasteiger partial charge in [0.15, 0.2) is 0 Å². The van der Waals surface area contributed by atoms with Crippen molar-refractivity contribution in [3.05, 3.63) is 11.8 Å². The number of hydrogen-bond donors (Lipinski definition) is 1. The number of ether oxygens (including phenoxy) is 2. The maximum atomic E-state index is 5.56. The first-order valence-corrected chi connectivity index (χ1v) is 5.10. The third kappa shape index (κ3) is 4.31. The molecule has 0 amide bonds. The molecule has 0 saturated carbocycles. The fourth-order valence-corrected chi connectivity index (χ4v) is 1.32. The third-order valence-electron chi connectivity index (χ3n) is 2.08. The summed E-state index contributed by atoms with van der Waals surface area (Å²) in [7, 11) is 1.69. The van der Waals surface area contributed by atoms with Gasteiger partial charge < -0.3 is 15.2 Å². The molecular formula is C10H19N3O2. The van der Waals surface area contributed by atoms with Crippen molar-refractivity contribution in [2.24, 2.45) is 0 Å². The number of nitrogens with two attached hydrogens (primary N) is 1. The van der Waals surface area contributed by atoms with Crippen LogP contribution in [0.5, 0.6) is 0 Å². The first kappa shape index (κ1) is 12.0. The Morgan fingerprint density at radius 2 is 2.20 bits per heavy atom. The average Bonchev–Trinajstić information content (AvgIpc) is 2.51. The molecule has 0 fully saturated rings. The number of nitrogens with zero attached hydrogens (tertiary/aromatic N) is 2. The molecule has 1 aromatic rings. The number of aromatic nitrogens is 2. The van der Waals surface area contributed by atoms with Gasteiger partial charge in [0.05, 0.1) is 13.2 Å². The summed E-state index contributed by atoms with van der Waals surface area (Å²) >= 11 is 0. The van der Waals surface area contributed by atoms with E-state index in [-0.39, 0.29) is 0 Å². The van der Waals surface area contributed by atoms with Crippen LogP contribution in [0.4, 0.5) is 5.82 Å². The van der Waals surface area contributed by atoms with Crippen LogP contribution >= 0.6 is 0 Å². The van der Waals surface area contributed by atoms with Crippen molar-refractivity contribution in [3.63, 3.8) is 0 Å². The lowest BCUT2D eigenvalue weighted by molar-refractivity contribution is 0.0958. The smallest absolute Gasteiger partial charge is 0.145 e. The van der Waals surface area contributed by atoms with Crippen LogP contribution in [-0.2, 0) is 16.0 Å². The van der Waals surface area contributed by atoms with E-state index in [1.54, 1.807) is 7.11 Å². The Bertz CT molecular complexity index is 286. The van der Waals surface area contributed by atoms with E-state index in [1.165, 1.54) is 0 Å². The van der Waals surface area contributed by atoms with Crippen LogP contribution in [0.2, 0.25) is 0 Å². The van der Waals surface area contributed by atoms with Crippen molar-refractivity contribution in [1.82, 2.24) is 9.78 Å². The van der Waals surface area contributed by atoms with E-state index in [9.17, 15) is 0 Å². The first-order chi connectivity index (χ1) is 7.24. The Kier molecular flexibility index (Phi) is 5.14. The number of aryl methyl sites for hydroxylation is 1. The molecule has 0 unspecified atom stereocenters. The van der Waals surface area contributed by atoms with Gasteiger partial charge >= 0.3 is 0 Å². The summed E-state index contributed by atoms with van der Waals surface area (Å²) in [6, 6.07) is 1.85. The molecule has 5 heteroatoms. The molecule has 0 aliphatic carbocycles. The Morgan fingerprint density at radius 3 is 2.80 bits per heavy atom. The van der Waals surface area contributed by atoms with Crippen LogP contribution in [0, 0.1) is 6.92 Å².